The van der Waals surface area contributed by atoms with Gasteiger partial charge < -0.3 is 4.90 Å². The molecule has 46 heavy (non-hydrogen) atoms. The Hall–Kier alpha value is -5.70. The molecule has 0 saturated carbocycles. The number of rotatable bonds is 5. The van der Waals surface area contributed by atoms with Crippen LogP contribution in [0.2, 0.25) is 0 Å². The van der Waals surface area contributed by atoms with Crippen molar-refractivity contribution in [3.63, 3.8) is 0 Å². The summed E-state index contributed by atoms with van der Waals surface area (Å²) < 4.78 is 2.70. The summed E-state index contributed by atoms with van der Waals surface area (Å²) in [6, 6.07) is 63.9. The van der Waals surface area contributed by atoms with Crippen LogP contribution < -0.4 is 4.90 Å². The molecule has 1 aromatic heterocycles. The van der Waals surface area contributed by atoms with Crippen LogP contribution in [0.4, 0.5) is 17.1 Å². The molecule has 0 bridgehead atoms. The average molecular weight is 604 g/mol. The van der Waals surface area contributed by atoms with E-state index in [4.69, 9.17) is 0 Å². The highest BCUT2D eigenvalue weighted by Gasteiger charge is 2.16. The van der Waals surface area contributed by atoms with Crippen LogP contribution in [0.25, 0.3) is 64.0 Å². The van der Waals surface area contributed by atoms with Crippen molar-refractivity contribution < 1.29 is 0 Å². The van der Waals surface area contributed by atoms with E-state index in [1.54, 1.807) is 0 Å². The summed E-state index contributed by atoms with van der Waals surface area (Å²) in [4.78, 5) is 2.37. The third-order valence-corrected chi connectivity index (χ3v) is 10.3. The predicted molar refractivity (Wildman–Crippen MR) is 200 cm³/mol. The van der Waals surface area contributed by atoms with Gasteiger partial charge in [0.2, 0.25) is 0 Å². The van der Waals surface area contributed by atoms with Gasteiger partial charge in [-0.25, -0.2) is 0 Å². The first kappa shape index (κ1) is 26.7. The highest BCUT2D eigenvalue weighted by molar-refractivity contribution is 7.26. The first-order chi connectivity index (χ1) is 22.8. The number of hydrogen-bond acceptors (Lipinski definition) is 2. The summed E-state index contributed by atoms with van der Waals surface area (Å²) in [6.45, 7) is 0. The van der Waals surface area contributed by atoms with Crippen molar-refractivity contribution in [2.24, 2.45) is 0 Å². The van der Waals surface area contributed by atoms with Gasteiger partial charge in [-0.05, 0) is 80.9 Å². The summed E-state index contributed by atoms with van der Waals surface area (Å²) >= 11 is 1.89. The van der Waals surface area contributed by atoms with Crippen molar-refractivity contribution >= 4 is 70.1 Å². The minimum absolute atomic E-state index is 1.12. The van der Waals surface area contributed by atoms with E-state index in [0.717, 1.165) is 17.1 Å². The van der Waals surface area contributed by atoms with Gasteiger partial charge in [0.05, 0.1) is 0 Å². The zero-order valence-corrected chi connectivity index (χ0v) is 25.9. The molecule has 0 fully saturated rings. The van der Waals surface area contributed by atoms with Crippen LogP contribution in [0, 0.1) is 0 Å². The normalized spacial score (nSPS) is 11.5. The number of anilines is 3. The number of thiophene rings is 1. The molecule has 0 aliphatic heterocycles. The minimum atomic E-state index is 1.12. The molecular formula is C44H29NS. The molecule has 0 aliphatic rings. The fraction of sp³-hybridized carbons (Fsp3) is 0. The fourth-order valence-corrected chi connectivity index (χ4v) is 8.03. The smallest absolute Gasteiger partial charge is 0.0468 e. The topological polar surface area (TPSA) is 3.24 Å². The summed E-state index contributed by atoms with van der Waals surface area (Å²) in [5.74, 6) is 0. The van der Waals surface area contributed by atoms with Crippen LogP contribution in [-0.2, 0) is 0 Å². The van der Waals surface area contributed by atoms with E-state index in [1.165, 1.54) is 64.0 Å². The van der Waals surface area contributed by atoms with Crippen LogP contribution in [0.15, 0.2) is 176 Å². The van der Waals surface area contributed by atoms with Crippen molar-refractivity contribution in [1.82, 2.24) is 0 Å². The molecule has 0 aliphatic carbocycles. The first-order valence-corrected chi connectivity index (χ1v) is 16.5. The van der Waals surface area contributed by atoms with Crippen LogP contribution in [0.1, 0.15) is 0 Å². The van der Waals surface area contributed by atoms with Gasteiger partial charge in [0, 0.05) is 42.6 Å². The molecule has 0 unspecified atom stereocenters. The Kier molecular flexibility index (Phi) is 6.40. The lowest BCUT2D eigenvalue weighted by Crippen LogP contribution is -2.10. The van der Waals surface area contributed by atoms with Crippen LogP contribution in [-0.4, -0.2) is 0 Å². The van der Waals surface area contributed by atoms with Gasteiger partial charge in [-0.1, -0.05) is 133 Å². The monoisotopic (exact) mass is 603 g/mol. The predicted octanol–water partition coefficient (Wildman–Crippen LogP) is 13.2. The lowest BCUT2D eigenvalue weighted by atomic mass is 9.96. The zero-order chi connectivity index (χ0) is 30.5. The maximum absolute atomic E-state index is 2.37. The average Bonchev–Trinajstić information content (AvgIpc) is 3.52. The summed E-state index contributed by atoms with van der Waals surface area (Å²) in [6.07, 6.45) is 0. The fourth-order valence-electron chi connectivity index (χ4n) is 6.80. The van der Waals surface area contributed by atoms with Gasteiger partial charge >= 0.3 is 0 Å². The van der Waals surface area contributed by atoms with E-state index >= 15 is 0 Å². The van der Waals surface area contributed by atoms with E-state index in [1.807, 2.05) is 11.3 Å². The van der Waals surface area contributed by atoms with Crippen molar-refractivity contribution in [1.29, 1.82) is 0 Å². The van der Waals surface area contributed by atoms with Crippen LogP contribution >= 0.6 is 11.3 Å². The van der Waals surface area contributed by atoms with E-state index in [9.17, 15) is 0 Å². The quantitative estimate of drug-likeness (QED) is 0.189. The van der Waals surface area contributed by atoms with E-state index in [0.29, 0.717) is 0 Å². The molecule has 1 nitrogen and oxygen atoms in total. The van der Waals surface area contributed by atoms with E-state index in [2.05, 4.69) is 181 Å². The molecule has 8 aromatic carbocycles. The Balaban J connectivity index is 1.17. The largest absolute Gasteiger partial charge is 0.310 e. The summed E-state index contributed by atoms with van der Waals surface area (Å²) in [7, 11) is 0. The van der Waals surface area contributed by atoms with Gasteiger partial charge in [0.25, 0.3) is 0 Å². The van der Waals surface area contributed by atoms with Crippen LogP contribution in [0.5, 0.6) is 0 Å². The maximum Gasteiger partial charge on any atom is 0.0468 e. The van der Waals surface area contributed by atoms with Gasteiger partial charge in [0.15, 0.2) is 0 Å². The highest BCUT2D eigenvalue weighted by Crippen LogP contribution is 2.42. The van der Waals surface area contributed by atoms with Gasteiger partial charge in [0.1, 0.15) is 0 Å². The molecule has 0 N–H and O–H groups in total. The minimum Gasteiger partial charge on any atom is -0.310 e. The van der Waals surface area contributed by atoms with Crippen LogP contribution in [0.3, 0.4) is 0 Å². The molecule has 1 heterocycles. The third-order valence-electron chi connectivity index (χ3n) is 9.04. The molecule has 0 spiro atoms. The van der Waals surface area contributed by atoms with Gasteiger partial charge in [-0.2, -0.15) is 0 Å². The number of benzene rings is 8. The molecule has 0 atom stereocenters. The number of fused-ring (bicyclic) bond motifs is 6. The molecule has 0 amide bonds. The second-order valence-corrected chi connectivity index (χ2v) is 12.8. The third kappa shape index (κ3) is 4.54. The molecule has 0 saturated heterocycles. The Morgan fingerprint density at radius 2 is 1.00 bits per heavy atom. The highest BCUT2D eigenvalue weighted by atomic mass is 32.1. The standard InChI is InChI=1S/C44H29NS/c1-2-10-30(11-3-1)34-14-8-15-36(28-34)45(37-25-20-31-12-4-5-13-33(31)29-37)35-23-21-32(22-24-35)38-17-9-18-41-39(38)26-27-42-40-16-6-7-19-43(40)46-44(41)42/h1-29H. The first-order valence-electron chi connectivity index (χ1n) is 15.7. The van der Waals surface area contributed by atoms with Crippen molar-refractivity contribution in [2.75, 3.05) is 4.90 Å². The number of nitrogens with zero attached hydrogens (tertiary/aromatic N) is 1. The molecule has 216 valence electrons. The van der Waals surface area contributed by atoms with Gasteiger partial charge in [-0.15, -0.1) is 11.3 Å². The van der Waals surface area contributed by atoms with Crippen molar-refractivity contribution in [3.05, 3.63) is 176 Å². The lowest BCUT2D eigenvalue weighted by Gasteiger charge is -2.26. The zero-order valence-electron chi connectivity index (χ0n) is 25.1. The Labute approximate surface area is 272 Å². The number of hydrogen-bond donors (Lipinski definition) is 0. The Bertz CT molecular complexity index is 2530. The molecule has 9 rings (SSSR count). The summed E-state index contributed by atoms with van der Waals surface area (Å²) in [5, 5.41) is 7.74. The molecule has 0 radical (unpaired) electrons. The van der Waals surface area contributed by atoms with Crippen molar-refractivity contribution in [3.8, 4) is 22.3 Å². The van der Waals surface area contributed by atoms with Gasteiger partial charge in [-0.3, -0.25) is 0 Å². The Morgan fingerprint density at radius 3 is 1.89 bits per heavy atom. The second kappa shape index (κ2) is 11.0. The van der Waals surface area contributed by atoms with E-state index < -0.39 is 0 Å². The van der Waals surface area contributed by atoms with Crippen molar-refractivity contribution in [2.45, 2.75) is 0 Å². The maximum atomic E-state index is 2.37. The summed E-state index contributed by atoms with van der Waals surface area (Å²) in [5.41, 5.74) is 8.26. The molecule has 2 heteroatoms. The molecule has 9 aromatic rings. The van der Waals surface area contributed by atoms with E-state index in [-0.39, 0.29) is 0 Å². The lowest BCUT2D eigenvalue weighted by molar-refractivity contribution is 1.29. The SMILES string of the molecule is c1ccc(-c2cccc(N(c3ccc(-c4cccc5c4ccc4c6ccccc6sc54)cc3)c3ccc4ccccc4c3)c2)cc1. The second-order valence-electron chi connectivity index (χ2n) is 11.8. The molecular weight excluding hydrogens is 575 g/mol. The Morgan fingerprint density at radius 1 is 0.348 bits per heavy atom.